The third kappa shape index (κ3) is 2.93. The molecule has 17 heavy (non-hydrogen) atoms. The summed E-state index contributed by atoms with van der Waals surface area (Å²) in [4.78, 5) is 0. The molecule has 0 aromatic heterocycles. The Balaban J connectivity index is 1.97. The van der Waals surface area contributed by atoms with E-state index in [1.165, 1.54) is 57.9 Å². The van der Waals surface area contributed by atoms with Crippen LogP contribution in [-0.4, -0.2) is 13.1 Å². The largest absolute Gasteiger partial charge is 0.316 e. The summed E-state index contributed by atoms with van der Waals surface area (Å²) in [6, 6.07) is 0. The predicted molar refractivity (Wildman–Crippen MR) is 75.2 cm³/mol. The molecule has 0 radical (unpaired) electrons. The van der Waals surface area contributed by atoms with Crippen molar-refractivity contribution in [2.24, 2.45) is 11.3 Å². The second-order valence-electron chi connectivity index (χ2n) is 6.10. The lowest BCUT2D eigenvalue weighted by atomic mass is 9.56. The summed E-state index contributed by atoms with van der Waals surface area (Å²) in [6.45, 7) is 6.90. The van der Waals surface area contributed by atoms with Crippen molar-refractivity contribution < 1.29 is 0 Å². The van der Waals surface area contributed by atoms with Crippen molar-refractivity contribution in [1.82, 2.24) is 5.32 Å². The van der Waals surface area contributed by atoms with Crippen LogP contribution in [0.5, 0.6) is 0 Å². The van der Waals surface area contributed by atoms with Crippen LogP contribution in [0.3, 0.4) is 0 Å². The Hall–Kier alpha value is -0.300. The van der Waals surface area contributed by atoms with E-state index in [0.717, 1.165) is 12.5 Å². The van der Waals surface area contributed by atoms with Crippen LogP contribution in [0.25, 0.3) is 0 Å². The molecule has 1 nitrogen and oxygen atoms in total. The van der Waals surface area contributed by atoms with E-state index in [2.05, 4.69) is 25.2 Å². The number of hydrogen-bond donors (Lipinski definition) is 1. The van der Waals surface area contributed by atoms with Crippen LogP contribution >= 0.6 is 0 Å². The molecule has 2 aliphatic carbocycles. The van der Waals surface area contributed by atoms with E-state index in [9.17, 15) is 0 Å². The van der Waals surface area contributed by atoms with Gasteiger partial charge >= 0.3 is 0 Å². The van der Waals surface area contributed by atoms with Crippen LogP contribution < -0.4 is 5.32 Å². The van der Waals surface area contributed by atoms with Crippen molar-refractivity contribution >= 4 is 0 Å². The highest BCUT2D eigenvalue weighted by molar-refractivity contribution is 5.22. The van der Waals surface area contributed by atoms with E-state index in [-0.39, 0.29) is 0 Å². The van der Waals surface area contributed by atoms with E-state index in [0.29, 0.717) is 5.41 Å². The van der Waals surface area contributed by atoms with Gasteiger partial charge in [-0.05, 0) is 51.0 Å². The summed E-state index contributed by atoms with van der Waals surface area (Å²) >= 11 is 0. The van der Waals surface area contributed by atoms with Gasteiger partial charge in [-0.25, -0.2) is 0 Å². The zero-order valence-corrected chi connectivity index (χ0v) is 11.7. The van der Waals surface area contributed by atoms with Gasteiger partial charge in [0.15, 0.2) is 0 Å². The molecule has 0 unspecified atom stereocenters. The molecule has 0 aromatic carbocycles. The van der Waals surface area contributed by atoms with E-state index in [1.807, 2.05) is 0 Å². The van der Waals surface area contributed by atoms with Gasteiger partial charge in [-0.3, -0.25) is 0 Å². The van der Waals surface area contributed by atoms with Crippen molar-refractivity contribution in [2.75, 3.05) is 13.1 Å². The lowest BCUT2D eigenvalue weighted by Crippen LogP contribution is -2.46. The van der Waals surface area contributed by atoms with Crippen LogP contribution in [0.4, 0.5) is 0 Å². The monoisotopic (exact) mass is 235 g/mol. The predicted octanol–water partition coefficient (Wildman–Crippen LogP) is 4.29. The Morgan fingerprint density at radius 1 is 1.29 bits per heavy atom. The second kappa shape index (κ2) is 6.04. The van der Waals surface area contributed by atoms with Crippen LogP contribution in [0.2, 0.25) is 0 Å². The Morgan fingerprint density at radius 2 is 2.12 bits per heavy atom. The summed E-state index contributed by atoms with van der Waals surface area (Å²) < 4.78 is 0. The fourth-order valence-electron chi connectivity index (χ4n) is 3.86. The van der Waals surface area contributed by atoms with Crippen molar-refractivity contribution in [3.8, 4) is 0 Å². The van der Waals surface area contributed by atoms with Crippen LogP contribution in [0.1, 0.15) is 65.2 Å². The van der Waals surface area contributed by atoms with Crippen LogP contribution in [-0.2, 0) is 0 Å². The van der Waals surface area contributed by atoms with E-state index in [1.54, 1.807) is 5.57 Å². The summed E-state index contributed by atoms with van der Waals surface area (Å²) in [6.07, 6.45) is 13.9. The van der Waals surface area contributed by atoms with Gasteiger partial charge in [0.2, 0.25) is 0 Å². The first-order chi connectivity index (χ1) is 8.30. The van der Waals surface area contributed by atoms with Crippen molar-refractivity contribution in [2.45, 2.75) is 65.2 Å². The summed E-state index contributed by atoms with van der Waals surface area (Å²) in [5.74, 6) is 1.02. The van der Waals surface area contributed by atoms with Gasteiger partial charge in [-0.1, -0.05) is 38.3 Å². The third-order valence-electron chi connectivity index (χ3n) is 4.74. The Kier molecular flexibility index (Phi) is 4.67. The van der Waals surface area contributed by atoms with Crippen molar-refractivity contribution in [1.29, 1.82) is 0 Å². The molecule has 0 saturated heterocycles. The molecule has 98 valence electrons. The maximum absolute atomic E-state index is 3.61. The number of allylic oxidation sites excluding steroid dienone is 1. The maximum Gasteiger partial charge on any atom is 0.00453 e. The zero-order chi connectivity index (χ0) is 12.1. The van der Waals surface area contributed by atoms with Crippen LogP contribution in [0.15, 0.2) is 11.6 Å². The molecule has 0 atom stereocenters. The first-order valence-corrected chi connectivity index (χ1v) is 7.71. The fourth-order valence-corrected chi connectivity index (χ4v) is 3.86. The second-order valence-corrected chi connectivity index (χ2v) is 6.10. The first kappa shape index (κ1) is 13.1. The average molecular weight is 235 g/mol. The number of hydrogen-bond acceptors (Lipinski definition) is 1. The smallest absolute Gasteiger partial charge is 0.00453 e. The molecule has 0 heterocycles. The van der Waals surface area contributed by atoms with Gasteiger partial charge in [-0.2, -0.15) is 0 Å². The molecule has 2 aliphatic rings. The normalized spacial score (nSPS) is 33.1. The topological polar surface area (TPSA) is 12.0 Å². The van der Waals surface area contributed by atoms with Crippen molar-refractivity contribution in [3.63, 3.8) is 0 Å². The Labute approximate surface area is 107 Å². The lowest BCUT2D eigenvalue weighted by molar-refractivity contribution is 0.0811. The van der Waals surface area contributed by atoms with Gasteiger partial charge in [0.25, 0.3) is 0 Å². The first-order valence-electron chi connectivity index (χ1n) is 7.71. The molecular formula is C16H29N. The highest BCUT2D eigenvalue weighted by Gasteiger charge is 2.45. The Bertz CT molecular complexity index is 261. The summed E-state index contributed by atoms with van der Waals surface area (Å²) in [7, 11) is 0. The lowest BCUT2D eigenvalue weighted by Gasteiger charge is -2.51. The quantitative estimate of drug-likeness (QED) is 0.677. The molecule has 1 fully saturated rings. The van der Waals surface area contributed by atoms with Gasteiger partial charge in [0.05, 0.1) is 0 Å². The minimum absolute atomic E-state index is 0.566. The molecule has 0 aliphatic heterocycles. The van der Waals surface area contributed by atoms with E-state index < -0.39 is 0 Å². The molecule has 0 amide bonds. The molecule has 0 spiro atoms. The van der Waals surface area contributed by atoms with Gasteiger partial charge in [0.1, 0.15) is 0 Å². The number of nitrogens with one attached hydrogen (secondary N) is 1. The van der Waals surface area contributed by atoms with Gasteiger partial charge in [0, 0.05) is 12.0 Å². The molecule has 0 aromatic rings. The SMILES string of the molecule is CCCC1CC(CNCC)(C2=CCCCC2)C1. The van der Waals surface area contributed by atoms with Gasteiger partial charge in [-0.15, -0.1) is 0 Å². The summed E-state index contributed by atoms with van der Waals surface area (Å²) in [5.41, 5.74) is 2.37. The van der Waals surface area contributed by atoms with Crippen molar-refractivity contribution in [3.05, 3.63) is 11.6 Å². The molecular weight excluding hydrogens is 206 g/mol. The minimum atomic E-state index is 0.566. The van der Waals surface area contributed by atoms with Gasteiger partial charge < -0.3 is 5.32 Å². The highest BCUT2D eigenvalue weighted by atomic mass is 14.9. The fraction of sp³-hybridized carbons (Fsp3) is 0.875. The molecule has 0 bridgehead atoms. The molecule has 2 rings (SSSR count). The number of rotatable bonds is 6. The average Bonchev–Trinajstić information content (AvgIpc) is 2.33. The summed E-state index contributed by atoms with van der Waals surface area (Å²) in [5, 5.41) is 3.61. The molecule has 1 saturated carbocycles. The van der Waals surface area contributed by atoms with Crippen LogP contribution in [0, 0.1) is 11.3 Å². The zero-order valence-electron chi connectivity index (χ0n) is 11.7. The molecule has 1 heteroatoms. The maximum atomic E-state index is 3.61. The van der Waals surface area contributed by atoms with E-state index in [4.69, 9.17) is 0 Å². The Morgan fingerprint density at radius 3 is 2.71 bits per heavy atom. The third-order valence-corrected chi connectivity index (χ3v) is 4.74. The standard InChI is InChI=1S/C16H29N/c1-3-8-14-11-16(12-14,13-17-4-2)15-9-6-5-7-10-15/h9,14,17H,3-8,10-13H2,1-2H3. The molecule has 1 N–H and O–H groups in total. The van der Waals surface area contributed by atoms with E-state index >= 15 is 0 Å². The highest BCUT2D eigenvalue weighted by Crippen LogP contribution is 2.54. The minimum Gasteiger partial charge on any atom is -0.316 e.